The smallest absolute Gasteiger partial charge is 0.355 e. The van der Waals surface area contributed by atoms with Gasteiger partial charge >= 0.3 is 5.97 Å². The highest BCUT2D eigenvalue weighted by atomic mass is 16.6. The van der Waals surface area contributed by atoms with Crippen molar-refractivity contribution in [1.29, 1.82) is 0 Å². The molecule has 10 heteroatoms. The Morgan fingerprint density at radius 2 is 1.89 bits per heavy atom. The number of hydrogen-bond acceptors (Lipinski definition) is 8. The zero-order chi connectivity index (χ0) is 25.6. The number of esters is 1. The number of β-lactam (4-membered cyclic amide) rings is 1. The zero-order valence-corrected chi connectivity index (χ0v) is 19.9. The summed E-state index contributed by atoms with van der Waals surface area (Å²) in [6, 6.07) is 14.8. The second kappa shape index (κ2) is 9.19. The van der Waals surface area contributed by atoms with E-state index in [-0.39, 0.29) is 36.0 Å². The standard InChI is InChI=1S/C26H26N4O6/c1-15-12-21(29(27-15)18-6-4-3-5-7-18)20-13-22-23(16(2)31)25(32)28(22)24(20)26(33)36-14-17-8-10-19(11-9-17)30(34)35/h3-11,16,21-23,31H,12-14H2,1-2H3/t16-,21-,22-,23-/m1/s1. The van der Waals surface area contributed by atoms with E-state index < -0.39 is 22.9 Å². The molecule has 4 atom stereocenters. The van der Waals surface area contributed by atoms with Gasteiger partial charge < -0.3 is 14.7 Å². The van der Waals surface area contributed by atoms with Gasteiger partial charge in [-0.05, 0) is 55.7 Å². The van der Waals surface area contributed by atoms with Crippen molar-refractivity contribution in [3.8, 4) is 0 Å². The Morgan fingerprint density at radius 1 is 1.19 bits per heavy atom. The molecule has 186 valence electrons. The Kier molecular flexibility index (Phi) is 6.05. The van der Waals surface area contributed by atoms with Gasteiger partial charge in [0.1, 0.15) is 12.3 Å². The summed E-state index contributed by atoms with van der Waals surface area (Å²) < 4.78 is 5.59. The van der Waals surface area contributed by atoms with Crippen molar-refractivity contribution in [2.75, 3.05) is 5.01 Å². The lowest BCUT2D eigenvalue weighted by Gasteiger charge is -2.44. The minimum absolute atomic E-state index is 0.0540. The van der Waals surface area contributed by atoms with Crippen LogP contribution >= 0.6 is 0 Å². The number of carbonyl (C=O) groups is 2. The molecule has 3 aliphatic rings. The van der Waals surface area contributed by atoms with Crippen LogP contribution in [-0.2, 0) is 20.9 Å². The van der Waals surface area contributed by atoms with Crippen LogP contribution in [0.25, 0.3) is 0 Å². The van der Waals surface area contributed by atoms with Gasteiger partial charge in [0.15, 0.2) is 0 Å². The van der Waals surface area contributed by atoms with Crippen molar-refractivity contribution in [1.82, 2.24) is 4.90 Å². The first-order chi connectivity index (χ1) is 17.3. The van der Waals surface area contributed by atoms with Gasteiger partial charge in [-0.1, -0.05) is 18.2 Å². The van der Waals surface area contributed by atoms with Crippen molar-refractivity contribution >= 4 is 29.0 Å². The first kappa shape index (κ1) is 23.7. The summed E-state index contributed by atoms with van der Waals surface area (Å²) in [6.07, 6.45) is 0.208. The minimum atomic E-state index is -0.831. The molecule has 0 aliphatic carbocycles. The molecule has 1 fully saturated rings. The Labute approximate surface area is 207 Å². The minimum Gasteiger partial charge on any atom is -0.456 e. The number of para-hydroxylation sites is 1. The molecule has 0 aromatic heterocycles. The number of nitro groups is 1. The monoisotopic (exact) mass is 490 g/mol. The number of rotatable bonds is 7. The average Bonchev–Trinajstić information content (AvgIpc) is 3.41. The normalized spacial score (nSPS) is 23.8. The molecule has 5 rings (SSSR count). The highest BCUT2D eigenvalue weighted by Gasteiger charge is 2.58. The summed E-state index contributed by atoms with van der Waals surface area (Å²) in [5.74, 6) is -1.51. The van der Waals surface area contributed by atoms with Crippen LogP contribution in [0.15, 0.2) is 71.0 Å². The Hall–Kier alpha value is -4.05. The number of nitrogens with zero attached hydrogens (tertiary/aromatic N) is 4. The van der Waals surface area contributed by atoms with E-state index in [1.165, 1.54) is 29.2 Å². The average molecular weight is 491 g/mol. The van der Waals surface area contributed by atoms with E-state index in [4.69, 9.17) is 9.84 Å². The fourth-order valence-corrected chi connectivity index (χ4v) is 5.27. The maximum Gasteiger partial charge on any atom is 0.355 e. The van der Waals surface area contributed by atoms with Crippen LogP contribution in [-0.4, -0.2) is 50.7 Å². The zero-order valence-electron chi connectivity index (χ0n) is 19.9. The van der Waals surface area contributed by atoms with E-state index in [0.29, 0.717) is 18.4 Å². The molecule has 0 unspecified atom stereocenters. The van der Waals surface area contributed by atoms with Crippen LogP contribution < -0.4 is 5.01 Å². The summed E-state index contributed by atoms with van der Waals surface area (Å²) in [5.41, 5.74) is 3.28. The number of aliphatic hydroxyl groups is 1. The molecule has 3 aliphatic heterocycles. The van der Waals surface area contributed by atoms with E-state index in [1.807, 2.05) is 42.3 Å². The third-order valence-electron chi connectivity index (χ3n) is 6.96. The van der Waals surface area contributed by atoms with Crippen molar-refractivity contribution < 1.29 is 24.4 Å². The van der Waals surface area contributed by atoms with Crippen molar-refractivity contribution in [3.63, 3.8) is 0 Å². The molecule has 0 radical (unpaired) electrons. The topological polar surface area (TPSA) is 126 Å². The van der Waals surface area contributed by atoms with Gasteiger partial charge in [0.2, 0.25) is 5.91 Å². The van der Waals surface area contributed by atoms with E-state index in [9.17, 15) is 24.8 Å². The summed E-state index contributed by atoms with van der Waals surface area (Å²) >= 11 is 0. The number of amides is 1. The number of ether oxygens (including phenoxy) is 1. The van der Waals surface area contributed by atoms with Gasteiger partial charge in [0.25, 0.3) is 5.69 Å². The van der Waals surface area contributed by atoms with Crippen LogP contribution in [0.5, 0.6) is 0 Å². The second-order valence-corrected chi connectivity index (χ2v) is 9.35. The SMILES string of the molecule is CC1=NN(c2ccccc2)[C@@H](C2=C(C(=O)OCc3ccc([N+](=O)[O-])cc3)N3C(=O)[C@H]([C@@H](C)O)[C@H]3C2)C1. The van der Waals surface area contributed by atoms with Crippen LogP contribution in [0.4, 0.5) is 11.4 Å². The molecule has 10 nitrogen and oxygen atoms in total. The summed E-state index contributed by atoms with van der Waals surface area (Å²) in [6.45, 7) is 3.42. The molecule has 0 bridgehead atoms. The molecule has 2 aromatic rings. The first-order valence-corrected chi connectivity index (χ1v) is 11.8. The molecule has 0 spiro atoms. The summed E-state index contributed by atoms with van der Waals surface area (Å²) in [5, 5.41) is 27.6. The van der Waals surface area contributed by atoms with E-state index >= 15 is 0 Å². The quantitative estimate of drug-likeness (QED) is 0.273. The van der Waals surface area contributed by atoms with Crippen LogP contribution in [0.2, 0.25) is 0 Å². The lowest BCUT2D eigenvalue weighted by molar-refractivity contribution is -0.384. The number of hydrogen-bond donors (Lipinski definition) is 1. The van der Waals surface area contributed by atoms with E-state index in [1.54, 1.807) is 6.92 Å². The number of non-ortho nitro benzene ring substituents is 1. The second-order valence-electron chi connectivity index (χ2n) is 9.35. The van der Waals surface area contributed by atoms with Gasteiger partial charge in [-0.25, -0.2) is 4.79 Å². The van der Waals surface area contributed by atoms with Gasteiger partial charge in [-0.2, -0.15) is 5.10 Å². The number of aliphatic hydroxyl groups excluding tert-OH is 1. The Morgan fingerprint density at radius 3 is 2.53 bits per heavy atom. The van der Waals surface area contributed by atoms with Crippen LogP contribution in [0.1, 0.15) is 32.3 Å². The number of fused-ring (bicyclic) bond motifs is 1. The maximum atomic E-state index is 13.4. The predicted molar refractivity (Wildman–Crippen MR) is 131 cm³/mol. The number of benzene rings is 2. The van der Waals surface area contributed by atoms with Crippen molar-refractivity contribution in [3.05, 3.63) is 81.5 Å². The van der Waals surface area contributed by atoms with Gasteiger partial charge in [-0.3, -0.25) is 19.9 Å². The Bertz CT molecular complexity index is 1270. The molecular formula is C26H26N4O6. The lowest BCUT2D eigenvalue weighted by Crippen LogP contribution is -2.61. The molecule has 2 aromatic carbocycles. The number of carbonyl (C=O) groups excluding carboxylic acids is 2. The molecule has 36 heavy (non-hydrogen) atoms. The van der Waals surface area contributed by atoms with Gasteiger partial charge in [-0.15, -0.1) is 0 Å². The third-order valence-corrected chi connectivity index (χ3v) is 6.96. The number of nitro benzene ring substituents is 1. The Balaban J connectivity index is 1.44. The molecule has 3 heterocycles. The molecule has 0 saturated carbocycles. The predicted octanol–water partition coefficient (Wildman–Crippen LogP) is 3.16. The van der Waals surface area contributed by atoms with E-state index in [0.717, 1.165) is 17.0 Å². The van der Waals surface area contributed by atoms with Crippen molar-refractivity contribution in [2.45, 2.75) is 51.5 Å². The number of hydrazone groups is 1. The maximum absolute atomic E-state index is 13.4. The fourth-order valence-electron chi connectivity index (χ4n) is 5.27. The molecule has 1 saturated heterocycles. The van der Waals surface area contributed by atoms with Gasteiger partial charge in [0.05, 0.1) is 34.7 Å². The lowest BCUT2D eigenvalue weighted by atomic mass is 9.82. The molecule has 1 amide bonds. The molecular weight excluding hydrogens is 464 g/mol. The van der Waals surface area contributed by atoms with E-state index in [2.05, 4.69) is 0 Å². The molecule has 1 N–H and O–H groups in total. The third kappa shape index (κ3) is 4.03. The summed E-state index contributed by atoms with van der Waals surface area (Å²) in [4.78, 5) is 38.2. The van der Waals surface area contributed by atoms with Crippen molar-refractivity contribution in [2.24, 2.45) is 11.0 Å². The van der Waals surface area contributed by atoms with Crippen LogP contribution in [0.3, 0.4) is 0 Å². The fraction of sp³-hybridized carbons (Fsp3) is 0.346. The first-order valence-electron chi connectivity index (χ1n) is 11.8. The summed E-state index contributed by atoms with van der Waals surface area (Å²) in [7, 11) is 0. The van der Waals surface area contributed by atoms with Gasteiger partial charge in [0, 0.05) is 24.3 Å². The largest absolute Gasteiger partial charge is 0.456 e. The van der Waals surface area contributed by atoms with Crippen LogP contribution in [0, 0.1) is 16.0 Å². The number of anilines is 1. The highest BCUT2D eigenvalue weighted by molar-refractivity contribution is 6.01. The highest BCUT2D eigenvalue weighted by Crippen LogP contribution is 2.47.